The van der Waals surface area contributed by atoms with Crippen molar-refractivity contribution in [3.8, 4) is 11.5 Å². The van der Waals surface area contributed by atoms with Crippen molar-refractivity contribution in [1.29, 1.82) is 0 Å². The van der Waals surface area contributed by atoms with E-state index in [0.717, 1.165) is 13.2 Å². The first kappa shape index (κ1) is 27.5. The zero-order valence-corrected chi connectivity index (χ0v) is 18.2. The van der Waals surface area contributed by atoms with Crippen LogP contribution in [0.15, 0.2) is 12.1 Å². The molecular weight excluding hydrogens is 452 g/mol. The summed E-state index contributed by atoms with van der Waals surface area (Å²) >= 11 is 0. The Morgan fingerprint density at radius 2 is 1.33 bits per heavy atom. The van der Waals surface area contributed by atoms with Crippen molar-refractivity contribution in [2.45, 2.75) is 12.8 Å². The molecule has 2 rings (SSSR count). The highest BCUT2D eigenvalue weighted by atomic mass is 19.1. The number of nitrogen functional groups attached to an aromatic ring is 2. The molecule has 0 atom stereocenters. The minimum Gasteiger partial charge on any atom is -0.488 e. The molecule has 0 saturated heterocycles. The van der Waals surface area contributed by atoms with Gasteiger partial charge in [0.25, 0.3) is 0 Å². The van der Waals surface area contributed by atoms with Gasteiger partial charge in [-0.3, -0.25) is 4.79 Å². The Bertz CT molecular complexity index is 988. The maximum atomic E-state index is 14.2. The first-order chi connectivity index (χ1) is 15.6. The fourth-order valence-corrected chi connectivity index (χ4v) is 2.44. The number of unbranched alkanes of at least 4 members (excludes halogenated alkanes) is 1. The molecule has 12 heteroatoms. The maximum absolute atomic E-state index is 14.2. The molecule has 0 amide bonds. The van der Waals surface area contributed by atoms with Gasteiger partial charge in [0.2, 0.25) is 0 Å². The van der Waals surface area contributed by atoms with Crippen molar-refractivity contribution in [2.24, 2.45) is 0 Å². The predicted molar refractivity (Wildman–Crippen MR) is 111 cm³/mol. The quantitative estimate of drug-likeness (QED) is 0.185. The molecule has 8 nitrogen and oxygen atoms in total. The zero-order chi connectivity index (χ0) is 25.1. The SMILES string of the molecule is COC.COC(=O)c1cc(F)c(OCCCCOc2c(F)cc(C=O)c(N)c2F)c(F)c1N. The van der Waals surface area contributed by atoms with E-state index in [1.807, 2.05) is 0 Å². The Balaban J connectivity index is 0.00000172. The van der Waals surface area contributed by atoms with E-state index in [0.29, 0.717) is 6.07 Å². The third-order valence-electron chi connectivity index (χ3n) is 4.02. The van der Waals surface area contributed by atoms with Crippen molar-refractivity contribution in [3.63, 3.8) is 0 Å². The largest absolute Gasteiger partial charge is 0.488 e. The first-order valence-electron chi connectivity index (χ1n) is 9.38. The van der Waals surface area contributed by atoms with Gasteiger partial charge in [-0.05, 0) is 25.0 Å². The van der Waals surface area contributed by atoms with Gasteiger partial charge in [-0.15, -0.1) is 0 Å². The van der Waals surface area contributed by atoms with Crippen LogP contribution in [0, 0.1) is 23.3 Å². The van der Waals surface area contributed by atoms with Crippen molar-refractivity contribution in [3.05, 3.63) is 46.5 Å². The number of hydrogen-bond acceptors (Lipinski definition) is 8. The van der Waals surface area contributed by atoms with Crippen molar-refractivity contribution in [2.75, 3.05) is 46.0 Å². The molecule has 0 unspecified atom stereocenters. The highest BCUT2D eigenvalue weighted by Gasteiger charge is 2.22. The van der Waals surface area contributed by atoms with Crippen LogP contribution in [0.25, 0.3) is 0 Å². The van der Waals surface area contributed by atoms with E-state index in [2.05, 4.69) is 9.47 Å². The predicted octanol–water partition coefficient (Wildman–Crippen LogP) is 3.51. The molecule has 2 aromatic rings. The molecule has 4 N–H and O–H groups in total. The number of aldehydes is 1. The van der Waals surface area contributed by atoms with E-state index in [4.69, 9.17) is 20.9 Å². The average molecular weight is 476 g/mol. The van der Waals surface area contributed by atoms with E-state index in [1.165, 1.54) is 0 Å². The number of halogens is 4. The molecule has 0 bridgehead atoms. The molecule has 0 aromatic heterocycles. The van der Waals surface area contributed by atoms with E-state index in [-0.39, 0.29) is 37.9 Å². The van der Waals surface area contributed by atoms with Crippen LogP contribution in [0.1, 0.15) is 33.6 Å². The molecule has 0 aliphatic carbocycles. The average Bonchev–Trinajstić information content (AvgIpc) is 2.79. The second kappa shape index (κ2) is 13.1. The number of carbonyl (C=O) groups is 2. The maximum Gasteiger partial charge on any atom is 0.340 e. The van der Waals surface area contributed by atoms with Crippen LogP contribution in [0.2, 0.25) is 0 Å². The number of rotatable bonds is 9. The third kappa shape index (κ3) is 6.97. The van der Waals surface area contributed by atoms with E-state index < -0.39 is 57.7 Å². The minimum atomic E-state index is -1.25. The number of carbonyl (C=O) groups excluding carboxylic acids is 2. The Hall–Kier alpha value is -3.54. The van der Waals surface area contributed by atoms with Gasteiger partial charge in [-0.2, -0.15) is 0 Å². The van der Waals surface area contributed by atoms with E-state index in [9.17, 15) is 27.2 Å². The third-order valence-corrected chi connectivity index (χ3v) is 4.02. The molecule has 0 saturated carbocycles. The molecule has 0 fully saturated rings. The Labute approximate surface area is 187 Å². The smallest absolute Gasteiger partial charge is 0.340 e. The number of anilines is 2. The summed E-state index contributed by atoms with van der Waals surface area (Å²) in [5.41, 5.74) is 8.86. The van der Waals surface area contributed by atoms with Crippen LogP contribution in [0.5, 0.6) is 11.5 Å². The van der Waals surface area contributed by atoms with Crippen LogP contribution in [0.4, 0.5) is 28.9 Å². The molecule has 2 aromatic carbocycles. The summed E-state index contributed by atoms with van der Waals surface area (Å²) in [6.45, 7) is -0.336. The molecule has 0 spiro atoms. The number of ether oxygens (including phenoxy) is 4. The van der Waals surface area contributed by atoms with E-state index in [1.54, 1.807) is 14.2 Å². The summed E-state index contributed by atoms with van der Waals surface area (Å²) in [6.07, 6.45) is 0.612. The number of methoxy groups -OCH3 is 2. The van der Waals surface area contributed by atoms with Crippen LogP contribution in [-0.4, -0.2) is 46.8 Å². The molecule has 0 radical (unpaired) electrons. The summed E-state index contributed by atoms with van der Waals surface area (Å²) in [5, 5.41) is 0. The second-order valence-corrected chi connectivity index (χ2v) is 6.39. The standard InChI is InChI=1S/C19H18F4N2O5.C2H6O/c1-28-19(27)10-7-12(21)18(14(23)16(10)25)30-5-3-2-4-29-17-11(20)6-9(8-26)15(24)13(17)22;1-3-2/h6-8H,2-5,24-25H2,1H3;1-2H3. The van der Waals surface area contributed by atoms with Gasteiger partial charge in [0.1, 0.15) is 0 Å². The summed E-state index contributed by atoms with van der Waals surface area (Å²) in [5.74, 6) is -7.19. The molecule has 182 valence electrons. The van der Waals surface area contributed by atoms with Gasteiger partial charge in [-0.1, -0.05) is 0 Å². The topological polar surface area (TPSA) is 123 Å². The molecular formula is C21H24F4N2O6. The Morgan fingerprint density at radius 3 is 1.79 bits per heavy atom. The van der Waals surface area contributed by atoms with Crippen LogP contribution < -0.4 is 20.9 Å². The Morgan fingerprint density at radius 1 is 0.879 bits per heavy atom. The first-order valence-corrected chi connectivity index (χ1v) is 9.38. The highest BCUT2D eigenvalue weighted by Crippen LogP contribution is 2.31. The lowest BCUT2D eigenvalue weighted by Gasteiger charge is -2.13. The lowest BCUT2D eigenvalue weighted by atomic mass is 10.1. The fraction of sp³-hybridized carbons (Fsp3) is 0.333. The molecule has 0 aliphatic rings. The van der Waals surface area contributed by atoms with Crippen LogP contribution >= 0.6 is 0 Å². The minimum absolute atomic E-state index is 0.161. The van der Waals surface area contributed by atoms with Gasteiger partial charge < -0.3 is 30.4 Å². The normalized spacial score (nSPS) is 10.2. The van der Waals surface area contributed by atoms with Crippen LogP contribution in [-0.2, 0) is 9.47 Å². The van der Waals surface area contributed by atoms with Gasteiger partial charge in [0.15, 0.2) is 41.1 Å². The summed E-state index contributed by atoms with van der Waals surface area (Å²) < 4.78 is 74.5. The van der Waals surface area contributed by atoms with Gasteiger partial charge in [0, 0.05) is 19.8 Å². The number of hydrogen-bond donors (Lipinski definition) is 2. The summed E-state index contributed by atoms with van der Waals surface area (Å²) in [6, 6.07) is 1.44. The molecule has 0 aliphatic heterocycles. The highest BCUT2D eigenvalue weighted by molar-refractivity contribution is 5.95. The molecule has 33 heavy (non-hydrogen) atoms. The number of nitrogens with two attached hydrogens (primary N) is 2. The van der Waals surface area contributed by atoms with Crippen molar-refractivity contribution >= 4 is 23.6 Å². The fourth-order valence-electron chi connectivity index (χ4n) is 2.44. The zero-order valence-electron chi connectivity index (χ0n) is 18.2. The van der Waals surface area contributed by atoms with Crippen molar-refractivity contribution in [1.82, 2.24) is 0 Å². The lowest BCUT2D eigenvalue weighted by molar-refractivity contribution is 0.0600. The van der Waals surface area contributed by atoms with Gasteiger partial charge in [0.05, 0.1) is 37.3 Å². The Kier molecular flexibility index (Phi) is 10.9. The van der Waals surface area contributed by atoms with E-state index >= 15 is 0 Å². The van der Waals surface area contributed by atoms with Crippen molar-refractivity contribution < 1.29 is 46.1 Å². The summed E-state index contributed by atoms with van der Waals surface area (Å²) in [4.78, 5) is 22.1. The van der Waals surface area contributed by atoms with Gasteiger partial charge in [-0.25, -0.2) is 22.4 Å². The van der Waals surface area contributed by atoms with Gasteiger partial charge >= 0.3 is 5.97 Å². The second-order valence-electron chi connectivity index (χ2n) is 6.39. The molecule has 0 heterocycles. The van der Waals surface area contributed by atoms with Crippen LogP contribution in [0.3, 0.4) is 0 Å². The lowest BCUT2D eigenvalue weighted by Crippen LogP contribution is -2.11. The number of esters is 1. The summed E-state index contributed by atoms with van der Waals surface area (Å²) in [7, 11) is 4.28. The number of benzene rings is 2. The monoisotopic (exact) mass is 476 g/mol.